The van der Waals surface area contributed by atoms with Crippen molar-refractivity contribution >= 4 is 21.7 Å². The number of sulfonamides is 1. The smallest absolute Gasteiger partial charge is 0.352 e. The summed E-state index contributed by atoms with van der Waals surface area (Å²) in [6.07, 6.45) is 1.22. The fraction of sp³-hybridized carbons (Fsp3) is 0.154. The number of aromatic nitrogens is 1. The highest BCUT2D eigenvalue weighted by molar-refractivity contribution is 7.92. The molecule has 0 saturated heterocycles. The minimum Gasteiger partial charge on any atom is -0.477 e. The lowest BCUT2D eigenvalue weighted by Gasteiger charge is -2.18. The molecule has 0 spiro atoms. The van der Waals surface area contributed by atoms with Gasteiger partial charge in [-0.15, -0.1) is 0 Å². The van der Waals surface area contributed by atoms with Crippen LogP contribution in [0.15, 0.2) is 41.4 Å². The summed E-state index contributed by atoms with van der Waals surface area (Å²) in [4.78, 5) is 10.8. The van der Waals surface area contributed by atoms with Crippen LogP contribution < -0.4 is 4.31 Å². The maximum atomic E-state index is 12.9. The Morgan fingerprint density at radius 2 is 1.86 bits per heavy atom. The number of anilines is 1. The largest absolute Gasteiger partial charge is 0.477 e. The van der Waals surface area contributed by atoms with Crippen LogP contribution in [-0.4, -0.2) is 31.1 Å². The van der Waals surface area contributed by atoms with Gasteiger partial charge < -0.3 is 9.67 Å². The molecule has 0 fully saturated rings. The normalized spacial score (nSPS) is 11.4. The van der Waals surface area contributed by atoms with Crippen molar-refractivity contribution in [1.82, 2.24) is 4.57 Å². The molecule has 1 heterocycles. The predicted octanol–water partition coefficient (Wildman–Crippen LogP) is 1.69. The molecular formula is C13H13FN2O4S. The summed E-state index contributed by atoms with van der Waals surface area (Å²) >= 11 is 0. The van der Waals surface area contributed by atoms with Gasteiger partial charge in [0.2, 0.25) is 0 Å². The van der Waals surface area contributed by atoms with Crippen molar-refractivity contribution < 1.29 is 22.7 Å². The van der Waals surface area contributed by atoms with E-state index in [1.54, 1.807) is 0 Å². The van der Waals surface area contributed by atoms with E-state index in [2.05, 4.69) is 0 Å². The van der Waals surface area contributed by atoms with Gasteiger partial charge in [0.15, 0.2) is 0 Å². The standard InChI is InChI=1S/C13H13FN2O4S/c1-15-8-11(7-12(15)13(17)18)21(19,20)16(2)10-5-3-9(14)4-6-10/h3-8H,1-2H3,(H,17,18). The van der Waals surface area contributed by atoms with Crippen molar-refractivity contribution in [2.24, 2.45) is 7.05 Å². The molecule has 1 aromatic carbocycles. The Hall–Kier alpha value is -2.35. The number of carboxylic acid groups (broad SMARTS) is 1. The van der Waals surface area contributed by atoms with Gasteiger partial charge in [0, 0.05) is 20.3 Å². The fourth-order valence-corrected chi connectivity index (χ4v) is 3.10. The lowest BCUT2D eigenvalue weighted by molar-refractivity contribution is 0.0686. The maximum Gasteiger partial charge on any atom is 0.352 e. The van der Waals surface area contributed by atoms with Crippen LogP contribution in [0.25, 0.3) is 0 Å². The van der Waals surface area contributed by atoms with Gasteiger partial charge in [0.05, 0.1) is 5.69 Å². The van der Waals surface area contributed by atoms with E-state index >= 15 is 0 Å². The topological polar surface area (TPSA) is 79.6 Å². The number of hydrogen-bond donors (Lipinski definition) is 1. The van der Waals surface area contributed by atoms with Crippen LogP contribution in [0, 0.1) is 5.82 Å². The summed E-state index contributed by atoms with van der Waals surface area (Å²) in [5.74, 6) is -1.69. The van der Waals surface area contributed by atoms with Crippen molar-refractivity contribution in [1.29, 1.82) is 0 Å². The second-order valence-corrected chi connectivity index (χ2v) is 6.40. The first-order valence-corrected chi connectivity index (χ1v) is 7.31. The lowest BCUT2D eigenvalue weighted by atomic mass is 10.3. The molecule has 0 aliphatic carbocycles. The maximum absolute atomic E-state index is 12.9. The van der Waals surface area contributed by atoms with Gasteiger partial charge >= 0.3 is 5.97 Å². The van der Waals surface area contributed by atoms with Gasteiger partial charge in [0.1, 0.15) is 16.4 Å². The molecule has 21 heavy (non-hydrogen) atoms. The van der Waals surface area contributed by atoms with Crippen molar-refractivity contribution in [3.63, 3.8) is 0 Å². The molecule has 1 aromatic heterocycles. The highest BCUT2D eigenvalue weighted by Crippen LogP contribution is 2.23. The van der Waals surface area contributed by atoms with E-state index in [-0.39, 0.29) is 16.3 Å². The Kier molecular flexibility index (Phi) is 3.73. The number of rotatable bonds is 4. The third kappa shape index (κ3) is 2.75. The summed E-state index contributed by atoms with van der Waals surface area (Å²) < 4.78 is 39.9. The molecule has 2 rings (SSSR count). The summed E-state index contributed by atoms with van der Waals surface area (Å²) in [6, 6.07) is 6.03. The van der Waals surface area contributed by atoms with E-state index in [9.17, 15) is 17.6 Å². The Labute approximate surface area is 121 Å². The first kappa shape index (κ1) is 15.0. The van der Waals surface area contributed by atoms with Crippen LogP contribution in [0.5, 0.6) is 0 Å². The summed E-state index contributed by atoms with van der Waals surface area (Å²) in [7, 11) is -1.15. The van der Waals surface area contributed by atoms with Crippen LogP contribution in [0.4, 0.5) is 10.1 Å². The first-order valence-electron chi connectivity index (χ1n) is 5.87. The van der Waals surface area contributed by atoms with Crippen LogP contribution in [-0.2, 0) is 17.1 Å². The van der Waals surface area contributed by atoms with E-state index in [0.717, 1.165) is 22.5 Å². The van der Waals surface area contributed by atoms with Gasteiger partial charge in [0.25, 0.3) is 10.0 Å². The fourth-order valence-electron chi connectivity index (χ4n) is 1.84. The van der Waals surface area contributed by atoms with Crippen molar-refractivity contribution in [2.75, 3.05) is 11.4 Å². The minimum absolute atomic E-state index is 0.138. The molecule has 1 N–H and O–H groups in total. The van der Waals surface area contributed by atoms with Crippen LogP contribution in [0.1, 0.15) is 10.5 Å². The Morgan fingerprint density at radius 3 is 2.33 bits per heavy atom. The Morgan fingerprint density at radius 1 is 1.29 bits per heavy atom. The molecule has 0 aliphatic heterocycles. The minimum atomic E-state index is -3.91. The van der Waals surface area contributed by atoms with E-state index in [4.69, 9.17) is 5.11 Å². The lowest BCUT2D eigenvalue weighted by Crippen LogP contribution is -2.26. The zero-order chi connectivity index (χ0) is 15.8. The average molecular weight is 312 g/mol. The summed E-state index contributed by atoms with van der Waals surface area (Å²) in [5.41, 5.74) is 0.137. The third-order valence-electron chi connectivity index (χ3n) is 3.05. The highest BCUT2D eigenvalue weighted by atomic mass is 32.2. The zero-order valence-corrected chi connectivity index (χ0v) is 12.1. The SMILES string of the molecule is CN(c1ccc(F)cc1)S(=O)(=O)c1cc(C(=O)O)n(C)c1. The number of aromatic carboxylic acids is 1. The molecule has 0 saturated carbocycles. The Balaban J connectivity index is 2.44. The second kappa shape index (κ2) is 5.21. The van der Waals surface area contributed by atoms with Gasteiger partial charge in [-0.25, -0.2) is 17.6 Å². The number of hydrogen-bond acceptors (Lipinski definition) is 3. The molecule has 0 bridgehead atoms. The van der Waals surface area contributed by atoms with E-state index in [0.29, 0.717) is 0 Å². The summed E-state index contributed by atoms with van der Waals surface area (Å²) in [6.45, 7) is 0. The highest BCUT2D eigenvalue weighted by Gasteiger charge is 2.25. The molecular weight excluding hydrogens is 299 g/mol. The molecule has 112 valence electrons. The number of benzene rings is 1. The van der Waals surface area contributed by atoms with Crippen LogP contribution in [0.2, 0.25) is 0 Å². The molecule has 6 nitrogen and oxygen atoms in total. The zero-order valence-electron chi connectivity index (χ0n) is 11.3. The van der Waals surface area contributed by atoms with E-state index in [1.807, 2.05) is 0 Å². The number of carbonyl (C=O) groups is 1. The van der Waals surface area contributed by atoms with Crippen molar-refractivity contribution in [2.45, 2.75) is 4.90 Å². The monoisotopic (exact) mass is 312 g/mol. The van der Waals surface area contributed by atoms with Crippen LogP contribution >= 0.6 is 0 Å². The van der Waals surface area contributed by atoms with Gasteiger partial charge in [-0.05, 0) is 30.3 Å². The van der Waals surface area contributed by atoms with Gasteiger partial charge in [-0.3, -0.25) is 4.31 Å². The summed E-state index contributed by atoms with van der Waals surface area (Å²) in [5, 5.41) is 8.96. The Bertz CT molecular complexity index is 781. The average Bonchev–Trinajstić information content (AvgIpc) is 2.82. The van der Waals surface area contributed by atoms with E-state index in [1.165, 1.54) is 37.0 Å². The van der Waals surface area contributed by atoms with Gasteiger partial charge in [-0.1, -0.05) is 0 Å². The number of aryl methyl sites for hydroxylation is 1. The molecule has 0 aliphatic rings. The first-order chi connectivity index (χ1) is 9.73. The second-order valence-electron chi connectivity index (χ2n) is 4.43. The number of nitrogens with zero attached hydrogens (tertiary/aromatic N) is 2. The van der Waals surface area contributed by atoms with Crippen molar-refractivity contribution in [3.8, 4) is 0 Å². The molecule has 2 aromatic rings. The van der Waals surface area contributed by atoms with Gasteiger partial charge in [-0.2, -0.15) is 0 Å². The van der Waals surface area contributed by atoms with Crippen LogP contribution in [0.3, 0.4) is 0 Å². The molecule has 8 heteroatoms. The molecule has 0 atom stereocenters. The molecule has 0 radical (unpaired) electrons. The quantitative estimate of drug-likeness (QED) is 0.931. The predicted molar refractivity (Wildman–Crippen MR) is 74.4 cm³/mol. The third-order valence-corrected chi connectivity index (χ3v) is 4.80. The molecule has 0 amide bonds. The number of halogens is 1. The van der Waals surface area contributed by atoms with E-state index < -0.39 is 21.8 Å². The number of carboxylic acids is 1. The van der Waals surface area contributed by atoms with Crippen molar-refractivity contribution in [3.05, 3.63) is 48.0 Å². The molecule has 0 unspecified atom stereocenters.